The van der Waals surface area contributed by atoms with E-state index in [2.05, 4.69) is 10.2 Å². The average Bonchev–Trinajstić information content (AvgIpc) is 2.45. The van der Waals surface area contributed by atoms with Gasteiger partial charge in [0.2, 0.25) is 0 Å². The van der Waals surface area contributed by atoms with Crippen LogP contribution in [0.5, 0.6) is 0 Å². The van der Waals surface area contributed by atoms with Gasteiger partial charge in [0.1, 0.15) is 5.60 Å². The third kappa shape index (κ3) is 5.83. The largest absolute Gasteiger partial charge is 0.444 e. The van der Waals surface area contributed by atoms with Crippen LogP contribution in [0.1, 0.15) is 66.2 Å². The van der Waals surface area contributed by atoms with Gasteiger partial charge in [0.25, 0.3) is 0 Å². The van der Waals surface area contributed by atoms with Gasteiger partial charge in [-0.1, -0.05) is 26.2 Å². The number of hydrogen-bond acceptors (Lipinski definition) is 5. The van der Waals surface area contributed by atoms with Crippen LogP contribution in [0.4, 0.5) is 4.79 Å². The molecule has 0 spiro atoms. The summed E-state index contributed by atoms with van der Waals surface area (Å²) in [7, 11) is 0. The van der Waals surface area contributed by atoms with Crippen LogP contribution >= 0.6 is 0 Å². The van der Waals surface area contributed by atoms with E-state index in [4.69, 9.17) is 9.99 Å². The van der Waals surface area contributed by atoms with Crippen molar-refractivity contribution < 1.29 is 24.5 Å². The Labute approximate surface area is 132 Å². The third-order valence-corrected chi connectivity index (χ3v) is 4.10. The van der Waals surface area contributed by atoms with E-state index in [1.807, 2.05) is 6.92 Å². The maximum atomic E-state index is 12.0. The molecule has 6 nitrogen and oxygen atoms in total. The lowest BCUT2D eigenvalue weighted by Gasteiger charge is -2.33. The van der Waals surface area contributed by atoms with Crippen molar-refractivity contribution in [3.63, 3.8) is 0 Å². The van der Waals surface area contributed by atoms with Gasteiger partial charge >= 0.3 is 12.1 Å². The SMILES string of the molecule is CC[C@@H](NC(=O)OC(C)(C)C)[C@@H](C(=O)OO)C1CCCCC1. The number of rotatable bonds is 5. The first-order valence-electron chi connectivity index (χ1n) is 8.13. The molecule has 1 saturated carbocycles. The van der Waals surface area contributed by atoms with Gasteiger partial charge in [0.05, 0.1) is 5.92 Å². The molecule has 1 fully saturated rings. The number of carbonyl (C=O) groups is 2. The normalized spacial score (nSPS) is 19.1. The van der Waals surface area contributed by atoms with Gasteiger partial charge in [0, 0.05) is 6.04 Å². The van der Waals surface area contributed by atoms with Crippen LogP contribution in [0.2, 0.25) is 0 Å². The number of nitrogens with one attached hydrogen (secondary N) is 1. The first-order chi connectivity index (χ1) is 10.3. The summed E-state index contributed by atoms with van der Waals surface area (Å²) in [6.07, 6.45) is 5.11. The van der Waals surface area contributed by atoms with Crippen molar-refractivity contribution in [1.82, 2.24) is 5.32 Å². The zero-order chi connectivity index (χ0) is 16.8. The molecule has 0 heterocycles. The molecule has 1 aliphatic carbocycles. The Hall–Kier alpha value is -1.30. The lowest BCUT2D eigenvalue weighted by atomic mass is 9.76. The number of alkyl carbamates (subject to hydrolysis) is 1. The molecular formula is C16H29NO5. The molecule has 0 aliphatic heterocycles. The number of hydrogen-bond donors (Lipinski definition) is 2. The van der Waals surface area contributed by atoms with Crippen molar-refractivity contribution in [3.8, 4) is 0 Å². The molecule has 1 rings (SSSR count). The highest BCUT2D eigenvalue weighted by Gasteiger charge is 2.38. The average molecular weight is 315 g/mol. The van der Waals surface area contributed by atoms with E-state index in [9.17, 15) is 9.59 Å². The maximum Gasteiger partial charge on any atom is 0.407 e. The third-order valence-electron chi connectivity index (χ3n) is 4.10. The summed E-state index contributed by atoms with van der Waals surface area (Å²) in [5.74, 6) is -1.09. The zero-order valence-corrected chi connectivity index (χ0v) is 14.1. The summed E-state index contributed by atoms with van der Waals surface area (Å²) in [5, 5.41) is 11.6. The van der Waals surface area contributed by atoms with Crippen LogP contribution in [0.25, 0.3) is 0 Å². The summed E-state index contributed by atoms with van der Waals surface area (Å²) in [6, 6.07) is -0.405. The minimum atomic E-state index is -0.671. The minimum Gasteiger partial charge on any atom is -0.444 e. The van der Waals surface area contributed by atoms with Gasteiger partial charge in [-0.05, 0) is 46.0 Å². The van der Waals surface area contributed by atoms with Crippen molar-refractivity contribution in [2.24, 2.45) is 11.8 Å². The maximum absolute atomic E-state index is 12.0. The molecule has 128 valence electrons. The summed E-state index contributed by atoms with van der Waals surface area (Å²) in [6.45, 7) is 7.25. The van der Waals surface area contributed by atoms with Crippen molar-refractivity contribution >= 4 is 12.1 Å². The fourth-order valence-electron chi connectivity index (χ4n) is 3.14. The molecule has 0 aromatic carbocycles. The van der Waals surface area contributed by atoms with Gasteiger partial charge in [-0.3, -0.25) is 0 Å². The number of carbonyl (C=O) groups excluding carboxylic acids is 2. The highest BCUT2D eigenvalue weighted by molar-refractivity contribution is 5.75. The first kappa shape index (κ1) is 18.7. The van der Waals surface area contributed by atoms with Crippen LogP contribution < -0.4 is 5.32 Å². The van der Waals surface area contributed by atoms with Crippen LogP contribution in [-0.4, -0.2) is 29.0 Å². The topological polar surface area (TPSA) is 84.9 Å². The minimum absolute atomic E-state index is 0.119. The van der Waals surface area contributed by atoms with Crippen LogP contribution in [-0.2, 0) is 14.4 Å². The molecule has 0 bridgehead atoms. The smallest absolute Gasteiger partial charge is 0.407 e. The summed E-state index contributed by atoms with van der Waals surface area (Å²) in [5.41, 5.74) is -0.597. The second-order valence-corrected chi connectivity index (χ2v) is 7.00. The molecule has 1 amide bonds. The van der Waals surface area contributed by atoms with Gasteiger partial charge in [0.15, 0.2) is 0 Å². The molecule has 0 aromatic heterocycles. The fourth-order valence-corrected chi connectivity index (χ4v) is 3.14. The van der Waals surface area contributed by atoms with Crippen molar-refractivity contribution in [1.29, 1.82) is 0 Å². The van der Waals surface area contributed by atoms with Crippen molar-refractivity contribution in [2.45, 2.75) is 77.9 Å². The van der Waals surface area contributed by atoms with Crippen LogP contribution in [0, 0.1) is 11.8 Å². The Morgan fingerprint density at radius 3 is 2.27 bits per heavy atom. The van der Waals surface area contributed by atoms with Crippen molar-refractivity contribution in [2.75, 3.05) is 0 Å². The second kappa shape index (κ2) is 8.36. The predicted molar refractivity (Wildman–Crippen MR) is 82.2 cm³/mol. The first-order valence-corrected chi connectivity index (χ1v) is 8.13. The van der Waals surface area contributed by atoms with Gasteiger partial charge in [-0.25, -0.2) is 9.59 Å². The molecule has 2 atom stereocenters. The van der Waals surface area contributed by atoms with E-state index in [0.29, 0.717) is 6.42 Å². The van der Waals surface area contributed by atoms with E-state index in [1.165, 1.54) is 0 Å². The molecule has 1 aliphatic rings. The van der Waals surface area contributed by atoms with Crippen LogP contribution in [0.3, 0.4) is 0 Å². The molecule has 2 N–H and O–H groups in total. The van der Waals surface area contributed by atoms with E-state index >= 15 is 0 Å². The standard InChI is InChI=1S/C16H29NO5/c1-5-12(17-15(19)21-16(2,3)4)13(14(18)22-20)11-9-7-6-8-10-11/h11-13,20H,5-10H2,1-4H3,(H,17,19)/t12-,13+/m1/s1. The monoisotopic (exact) mass is 315 g/mol. The quantitative estimate of drug-likeness (QED) is 0.599. The number of ether oxygens (including phenoxy) is 1. The molecule has 0 saturated heterocycles. The molecule has 0 unspecified atom stereocenters. The van der Waals surface area contributed by atoms with E-state index < -0.39 is 29.6 Å². The Morgan fingerprint density at radius 2 is 1.82 bits per heavy atom. The Bertz CT molecular complexity index is 371. The Morgan fingerprint density at radius 1 is 1.23 bits per heavy atom. The molecule has 0 aromatic rings. The highest BCUT2D eigenvalue weighted by atomic mass is 17.1. The Balaban J connectivity index is 2.79. The van der Waals surface area contributed by atoms with Gasteiger partial charge in [-0.15, -0.1) is 0 Å². The lowest BCUT2D eigenvalue weighted by molar-refractivity contribution is -0.242. The lowest BCUT2D eigenvalue weighted by Crippen LogP contribution is -2.48. The summed E-state index contributed by atoms with van der Waals surface area (Å²) in [4.78, 5) is 28.0. The summed E-state index contributed by atoms with van der Waals surface area (Å²) < 4.78 is 5.26. The van der Waals surface area contributed by atoms with Gasteiger partial charge < -0.3 is 14.9 Å². The van der Waals surface area contributed by atoms with E-state index in [-0.39, 0.29) is 5.92 Å². The summed E-state index contributed by atoms with van der Waals surface area (Å²) >= 11 is 0. The van der Waals surface area contributed by atoms with Crippen LogP contribution in [0.15, 0.2) is 0 Å². The van der Waals surface area contributed by atoms with Gasteiger partial charge in [-0.2, -0.15) is 5.26 Å². The van der Waals surface area contributed by atoms with E-state index in [0.717, 1.165) is 32.1 Å². The zero-order valence-electron chi connectivity index (χ0n) is 14.1. The molecule has 0 radical (unpaired) electrons. The highest BCUT2D eigenvalue weighted by Crippen LogP contribution is 2.33. The van der Waals surface area contributed by atoms with E-state index in [1.54, 1.807) is 20.8 Å². The number of amides is 1. The predicted octanol–water partition coefficient (Wildman–Crippen LogP) is 3.50. The molecule has 22 heavy (non-hydrogen) atoms. The second-order valence-electron chi connectivity index (χ2n) is 7.00. The molecular weight excluding hydrogens is 286 g/mol. The van der Waals surface area contributed by atoms with Crippen molar-refractivity contribution in [3.05, 3.63) is 0 Å². The Kier molecular flexibility index (Phi) is 7.13. The molecule has 6 heteroatoms. The fraction of sp³-hybridized carbons (Fsp3) is 0.875.